The minimum atomic E-state index is -0.597. The van der Waals surface area contributed by atoms with Crippen molar-refractivity contribution in [1.82, 2.24) is 0 Å². The van der Waals surface area contributed by atoms with Crippen molar-refractivity contribution in [3.63, 3.8) is 0 Å². The molecule has 8 heteroatoms. The van der Waals surface area contributed by atoms with Crippen LogP contribution < -0.4 is 11.1 Å². The molecule has 0 spiro atoms. The Morgan fingerprint density at radius 1 is 1.19 bits per heavy atom. The van der Waals surface area contributed by atoms with Crippen molar-refractivity contribution >= 4 is 47.2 Å². The largest absolute Gasteiger partial charge is 0.381 e. The summed E-state index contributed by atoms with van der Waals surface area (Å²) in [4.78, 5) is 4.39. The minimum Gasteiger partial charge on any atom is -0.381 e. The maximum atomic E-state index is 13.7. The summed E-state index contributed by atoms with van der Waals surface area (Å²) >= 11 is 6.15. The Morgan fingerprint density at radius 2 is 1.93 bits per heavy atom. The molecule has 1 aliphatic heterocycles. The second-order valence-electron chi connectivity index (χ2n) is 6.35. The van der Waals surface area contributed by atoms with Crippen LogP contribution in [-0.2, 0) is 10.2 Å². The Morgan fingerprint density at radius 3 is 2.63 bits per heavy atom. The van der Waals surface area contributed by atoms with Crippen molar-refractivity contribution in [1.29, 1.82) is 0 Å². The van der Waals surface area contributed by atoms with Crippen molar-refractivity contribution in [2.24, 2.45) is 10.7 Å². The molecule has 0 amide bonds. The van der Waals surface area contributed by atoms with Crippen LogP contribution in [0.4, 0.5) is 14.5 Å². The van der Waals surface area contributed by atoms with Crippen LogP contribution in [-0.4, -0.2) is 25.7 Å². The molecule has 3 rings (SSSR count). The predicted molar refractivity (Wildman–Crippen MR) is 115 cm³/mol. The van der Waals surface area contributed by atoms with Crippen molar-refractivity contribution in [3.05, 3.63) is 64.7 Å². The molecule has 0 aromatic heterocycles. The Balaban J connectivity index is 0.00000261. The van der Waals surface area contributed by atoms with Crippen LogP contribution in [0.5, 0.6) is 0 Å². The van der Waals surface area contributed by atoms with E-state index in [1.54, 1.807) is 0 Å². The first-order valence-corrected chi connectivity index (χ1v) is 8.72. The smallest absolute Gasteiger partial charge is 0.193 e. The van der Waals surface area contributed by atoms with Crippen molar-refractivity contribution in [2.75, 3.05) is 25.1 Å². The third-order valence-electron chi connectivity index (χ3n) is 4.63. The molecule has 1 saturated heterocycles. The predicted octanol–water partition coefficient (Wildman–Crippen LogP) is 4.71. The normalized spacial score (nSPS) is 16.5. The molecular weight excluding hydrogens is 487 g/mol. The quantitative estimate of drug-likeness (QED) is 0.358. The second-order valence-corrected chi connectivity index (χ2v) is 6.79. The number of nitrogens with one attached hydrogen (secondary N) is 1. The lowest BCUT2D eigenvalue weighted by Gasteiger charge is -2.36. The van der Waals surface area contributed by atoms with Crippen LogP contribution in [0.1, 0.15) is 18.4 Å². The summed E-state index contributed by atoms with van der Waals surface area (Å²) in [5.74, 6) is -1.12. The Hall–Kier alpha value is -1.45. The number of nitrogens with zero attached hydrogens (tertiary/aromatic N) is 1. The molecule has 1 heterocycles. The molecule has 2 aromatic rings. The van der Waals surface area contributed by atoms with E-state index in [1.807, 2.05) is 24.3 Å². The summed E-state index contributed by atoms with van der Waals surface area (Å²) in [6.07, 6.45) is 1.55. The number of rotatable bonds is 4. The first-order chi connectivity index (χ1) is 12.5. The minimum absolute atomic E-state index is 0. The first kappa shape index (κ1) is 21.8. The van der Waals surface area contributed by atoms with Gasteiger partial charge in [-0.15, -0.1) is 24.0 Å². The monoisotopic (exact) mass is 507 g/mol. The lowest BCUT2D eigenvalue weighted by atomic mass is 9.74. The lowest BCUT2D eigenvalue weighted by Crippen LogP contribution is -2.38. The molecule has 0 radical (unpaired) electrons. The number of hydrogen-bond donors (Lipinski definition) is 2. The maximum absolute atomic E-state index is 13.7. The van der Waals surface area contributed by atoms with Gasteiger partial charge in [-0.3, -0.25) is 4.99 Å². The van der Waals surface area contributed by atoms with Crippen molar-refractivity contribution in [2.45, 2.75) is 18.3 Å². The maximum Gasteiger partial charge on any atom is 0.193 e. The van der Waals surface area contributed by atoms with Gasteiger partial charge in [0, 0.05) is 29.7 Å². The zero-order valence-corrected chi connectivity index (χ0v) is 17.6. The molecule has 3 N–H and O–H groups in total. The van der Waals surface area contributed by atoms with E-state index in [9.17, 15) is 8.78 Å². The van der Waals surface area contributed by atoms with Crippen LogP contribution in [0.25, 0.3) is 0 Å². The van der Waals surface area contributed by atoms with Gasteiger partial charge in [0.15, 0.2) is 5.96 Å². The third kappa shape index (κ3) is 5.52. The van der Waals surface area contributed by atoms with Crippen LogP contribution >= 0.6 is 35.6 Å². The number of ether oxygens (including phenoxy) is 1. The SMILES string of the molecule is I.NC(=NCC1(c2cccc(Cl)c2)CCOCC1)Nc1cc(F)ccc1F. The molecule has 2 aromatic carbocycles. The van der Waals surface area contributed by atoms with Crippen LogP contribution in [0.3, 0.4) is 0 Å². The van der Waals surface area contributed by atoms with E-state index in [4.69, 9.17) is 22.1 Å². The Labute approximate surface area is 179 Å². The summed E-state index contributed by atoms with van der Waals surface area (Å²) in [7, 11) is 0. The molecule has 0 saturated carbocycles. The van der Waals surface area contributed by atoms with Crippen molar-refractivity contribution in [3.8, 4) is 0 Å². The van der Waals surface area contributed by atoms with Crippen molar-refractivity contribution < 1.29 is 13.5 Å². The van der Waals surface area contributed by atoms with E-state index < -0.39 is 11.6 Å². The van der Waals surface area contributed by atoms with E-state index >= 15 is 0 Å². The fourth-order valence-electron chi connectivity index (χ4n) is 3.13. The highest BCUT2D eigenvalue weighted by atomic mass is 127. The Bertz CT molecular complexity index is 813. The summed E-state index contributed by atoms with van der Waals surface area (Å²) in [6, 6.07) is 10.8. The molecule has 0 bridgehead atoms. The Kier molecular flexibility index (Phi) is 7.81. The number of guanidine groups is 1. The molecule has 4 nitrogen and oxygen atoms in total. The number of benzene rings is 2. The molecule has 146 valence electrons. The highest BCUT2D eigenvalue weighted by molar-refractivity contribution is 14.0. The van der Waals surface area contributed by atoms with Gasteiger partial charge in [0.2, 0.25) is 0 Å². The average molecular weight is 508 g/mol. The molecule has 0 aliphatic carbocycles. The fraction of sp³-hybridized carbons (Fsp3) is 0.316. The number of nitrogens with two attached hydrogens (primary N) is 1. The molecule has 0 atom stereocenters. The van der Waals surface area contributed by atoms with E-state index in [0.29, 0.717) is 24.8 Å². The van der Waals surface area contributed by atoms with Crippen LogP contribution in [0, 0.1) is 11.6 Å². The summed E-state index contributed by atoms with van der Waals surface area (Å²) in [6.45, 7) is 1.63. The van der Waals surface area contributed by atoms with Gasteiger partial charge in [0.05, 0.1) is 12.2 Å². The highest BCUT2D eigenvalue weighted by Gasteiger charge is 2.34. The van der Waals surface area contributed by atoms with Gasteiger partial charge in [0.1, 0.15) is 11.6 Å². The topological polar surface area (TPSA) is 59.6 Å². The van der Waals surface area contributed by atoms with Gasteiger partial charge in [-0.05, 0) is 42.7 Å². The van der Waals surface area contributed by atoms with E-state index in [0.717, 1.165) is 36.6 Å². The summed E-state index contributed by atoms with van der Waals surface area (Å²) in [5, 5.41) is 3.28. The van der Waals surface area contributed by atoms with Gasteiger partial charge in [-0.25, -0.2) is 8.78 Å². The van der Waals surface area contributed by atoms with E-state index in [-0.39, 0.29) is 41.0 Å². The summed E-state index contributed by atoms with van der Waals surface area (Å²) in [5.41, 5.74) is 6.67. The van der Waals surface area contributed by atoms with Crippen LogP contribution in [0.15, 0.2) is 47.5 Å². The lowest BCUT2D eigenvalue weighted by molar-refractivity contribution is 0.0531. The molecule has 0 unspecified atom stereocenters. The number of halogens is 4. The number of aliphatic imine (C=N–C) groups is 1. The number of hydrogen-bond acceptors (Lipinski definition) is 2. The molecular formula is C19H21ClF2IN3O. The van der Waals surface area contributed by atoms with Gasteiger partial charge >= 0.3 is 0 Å². The third-order valence-corrected chi connectivity index (χ3v) is 4.87. The highest BCUT2D eigenvalue weighted by Crippen LogP contribution is 2.36. The summed E-state index contributed by atoms with van der Waals surface area (Å²) < 4.78 is 32.5. The van der Waals surface area contributed by atoms with Crippen LogP contribution in [0.2, 0.25) is 5.02 Å². The van der Waals surface area contributed by atoms with Gasteiger partial charge in [-0.2, -0.15) is 0 Å². The van der Waals surface area contributed by atoms with E-state index in [1.165, 1.54) is 0 Å². The zero-order chi connectivity index (χ0) is 18.6. The zero-order valence-electron chi connectivity index (χ0n) is 14.6. The first-order valence-electron chi connectivity index (χ1n) is 8.34. The number of anilines is 1. The van der Waals surface area contributed by atoms with Gasteiger partial charge < -0.3 is 15.8 Å². The molecule has 27 heavy (non-hydrogen) atoms. The second kappa shape index (κ2) is 9.66. The molecule has 1 fully saturated rings. The van der Waals surface area contributed by atoms with Gasteiger partial charge in [-0.1, -0.05) is 23.7 Å². The van der Waals surface area contributed by atoms with Gasteiger partial charge in [0.25, 0.3) is 0 Å². The standard InChI is InChI=1S/C19H20ClF2N3O.HI/c20-14-3-1-2-13(10-14)19(6-8-26-9-7-19)12-24-18(23)25-17-11-15(21)4-5-16(17)22;/h1-5,10-11H,6-9,12H2,(H3,23,24,25);1H. The van der Waals surface area contributed by atoms with E-state index in [2.05, 4.69) is 10.3 Å². The fourth-order valence-corrected chi connectivity index (χ4v) is 3.32. The molecule has 1 aliphatic rings. The average Bonchev–Trinajstić information content (AvgIpc) is 2.64.